The van der Waals surface area contributed by atoms with Crippen molar-refractivity contribution in [1.29, 1.82) is 0 Å². The van der Waals surface area contributed by atoms with Crippen molar-refractivity contribution in [2.45, 2.75) is 18.7 Å². The Kier molecular flexibility index (Phi) is 5.01. The number of benzene rings is 2. The monoisotopic (exact) mass is 466 g/mol. The summed E-state index contributed by atoms with van der Waals surface area (Å²) < 4.78 is 24.0. The molecule has 9 heteroatoms. The smallest absolute Gasteiger partial charge is 0.317 e. The molecule has 8 nitrogen and oxygen atoms in total. The second-order valence-electron chi connectivity index (χ2n) is 7.93. The lowest BCUT2D eigenvalue weighted by Gasteiger charge is -2.44. The number of methoxy groups -OCH3 is 3. The van der Waals surface area contributed by atoms with E-state index in [1.807, 2.05) is 30.3 Å². The summed E-state index contributed by atoms with van der Waals surface area (Å²) in [5.41, 5.74) is 0.105. The Morgan fingerprint density at radius 2 is 1.91 bits per heavy atom. The van der Waals surface area contributed by atoms with Gasteiger partial charge in [0.05, 0.1) is 31.9 Å². The van der Waals surface area contributed by atoms with E-state index in [-0.39, 0.29) is 5.56 Å². The quantitative estimate of drug-likeness (QED) is 0.546. The third-order valence-electron chi connectivity index (χ3n) is 6.04. The van der Waals surface area contributed by atoms with Gasteiger partial charge in [-0.3, -0.25) is 14.2 Å². The number of thiazole rings is 1. The molecule has 2 bridgehead atoms. The average molecular weight is 467 g/mol. The first-order valence-corrected chi connectivity index (χ1v) is 11.1. The minimum atomic E-state index is -1.19. The molecule has 0 aliphatic carbocycles. The molecule has 0 N–H and O–H groups in total. The molecule has 2 aliphatic heterocycles. The molecule has 0 saturated carbocycles. The van der Waals surface area contributed by atoms with Crippen molar-refractivity contribution < 1.29 is 23.7 Å². The molecule has 170 valence electrons. The topological polar surface area (TPSA) is 88.4 Å². The molecule has 0 unspecified atom stereocenters. The van der Waals surface area contributed by atoms with Crippen LogP contribution < -0.4 is 29.1 Å². The molecule has 0 radical (unpaired) electrons. The number of fused-ring (bicyclic) bond motifs is 6. The minimum Gasteiger partial charge on any atom is -0.493 e. The highest BCUT2D eigenvalue weighted by atomic mass is 32.1. The van der Waals surface area contributed by atoms with Gasteiger partial charge >= 0.3 is 5.97 Å². The van der Waals surface area contributed by atoms with Crippen LogP contribution in [0, 0.1) is 5.92 Å². The third kappa shape index (κ3) is 3.22. The van der Waals surface area contributed by atoms with Crippen molar-refractivity contribution in [2.75, 3.05) is 21.3 Å². The summed E-state index contributed by atoms with van der Waals surface area (Å²) in [6.07, 6.45) is 1.78. The number of carbonyl (C=O) groups excluding carboxylic acids is 1. The fourth-order valence-corrected chi connectivity index (χ4v) is 5.62. The van der Waals surface area contributed by atoms with Crippen LogP contribution in [0.2, 0.25) is 0 Å². The molecule has 5 rings (SSSR count). The highest BCUT2D eigenvalue weighted by Gasteiger charge is 2.55. The molecular formula is C24H22N2O6S. The number of nitrogens with zero attached hydrogens (tertiary/aromatic N) is 2. The molecule has 3 aromatic rings. The zero-order valence-electron chi connectivity index (χ0n) is 18.5. The lowest BCUT2D eigenvalue weighted by atomic mass is 9.81. The fraction of sp³-hybridized carbons (Fsp3) is 0.292. The van der Waals surface area contributed by atoms with E-state index in [9.17, 15) is 9.59 Å². The van der Waals surface area contributed by atoms with Crippen molar-refractivity contribution in [3.05, 3.63) is 73.3 Å². The third-order valence-corrected chi connectivity index (χ3v) is 7.02. The lowest BCUT2D eigenvalue weighted by molar-refractivity contribution is -0.158. The maximum Gasteiger partial charge on any atom is 0.317 e. The molecule has 2 aliphatic rings. The summed E-state index contributed by atoms with van der Waals surface area (Å²) in [6.45, 7) is 1.75. The van der Waals surface area contributed by atoms with E-state index < -0.39 is 23.7 Å². The Hall–Kier alpha value is -3.59. The van der Waals surface area contributed by atoms with Crippen molar-refractivity contribution >= 4 is 23.4 Å². The van der Waals surface area contributed by atoms with Crippen LogP contribution in [0.4, 0.5) is 0 Å². The van der Waals surface area contributed by atoms with Crippen LogP contribution in [0.5, 0.6) is 17.2 Å². The molecule has 0 amide bonds. The summed E-state index contributed by atoms with van der Waals surface area (Å²) in [5.74, 6) is 0.487. The Balaban J connectivity index is 1.74. The summed E-state index contributed by atoms with van der Waals surface area (Å²) in [5, 5.41) is 0. The minimum absolute atomic E-state index is 0.230. The van der Waals surface area contributed by atoms with Gasteiger partial charge in [-0.2, -0.15) is 0 Å². The van der Waals surface area contributed by atoms with Gasteiger partial charge < -0.3 is 18.9 Å². The van der Waals surface area contributed by atoms with Gasteiger partial charge in [0.2, 0.25) is 5.72 Å². The lowest BCUT2D eigenvalue weighted by Crippen LogP contribution is -2.58. The highest BCUT2D eigenvalue weighted by molar-refractivity contribution is 7.07. The van der Waals surface area contributed by atoms with Crippen LogP contribution in [0.1, 0.15) is 24.1 Å². The molecule has 1 aromatic heterocycles. The standard InChI is InChI=1S/C24H22N2O6S/c1-24-19(22(28)31-4)20(14-7-5-6-8-15(14)32-24)26-21(27)18(33-23(26)25-24)12-13-9-10-16(29-2)17(11-13)30-3/h5-12,19-20H,1-4H3/b18-12+/t19-,20-,24+/m1/s1. The van der Waals surface area contributed by atoms with E-state index in [4.69, 9.17) is 23.9 Å². The van der Waals surface area contributed by atoms with Crippen molar-refractivity contribution in [2.24, 2.45) is 10.9 Å². The number of rotatable bonds is 4. The predicted molar refractivity (Wildman–Crippen MR) is 122 cm³/mol. The van der Waals surface area contributed by atoms with E-state index in [0.717, 1.165) is 11.1 Å². The zero-order valence-corrected chi connectivity index (χ0v) is 19.3. The number of carbonyl (C=O) groups is 1. The first-order chi connectivity index (χ1) is 15.9. The summed E-state index contributed by atoms with van der Waals surface area (Å²) in [6, 6.07) is 12.2. The molecule has 0 spiro atoms. The number of esters is 1. The molecule has 0 fully saturated rings. The number of aromatic nitrogens is 1. The number of para-hydroxylation sites is 1. The van der Waals surface area contributed by atoms with Crippen LogP contribution in [-0.4, -0.2) is 37.6 Å². The van der Waals surface area contributed by atoms with Gasteiger partial charge in [0.15, 0.2) is 16.3 Å². The van der Waals surface area contributed by atoms with Gasteiger partial charge in [0.1, 0.15) is 11.7 Å². The van der Waals surface area contributed by atoms with Gasteiger partial charge in [0, 0.05) is 5.56 Å². The van der Waals surface area contributed by atoms with E-state index in [2.05, 4.69) is 0 Å². The van der Waals surface area contributed by atoms with Gasteiger partial charge in [0.25, 0.3) is 5.56 Å². The molecule has 3 atom stereocenters. The molecule has 2 aromatic carbocycles. The summed E-state index contributed by atoms with van der Waals surface area (Å²) >= 11 is 1.26. The predicted octanol–water partition coefficient (Wildman–Crippen LogP) is 1.88. The van der Waals surface area contributed by atoms with Crippen molar-refractivity contribution in [1.82, 2.24) is 4.57 Å². The summed E-state index contributed by atoms with van der Waals surface area (Å²) in [4.78, 5) is 31.7. The van der Waals surface area contributed by atoms with E-state index in [1.165, 1.54) is 18.4 Å². The second kappa shape index (κ2) is 7.77. The van der Waals surface area contributed by atoms with Gasteiger partial charge in [-0.05, 0) is 36.8 Å². The molecule has 3 heterocycles. The Labute approximate surface area is 193 Å². The maximum atomic E-state index is 13.6. The zero-order chi connectivity index (χ0) is 23.3. The Bertz CT molecular complexity index is 1440. The molecular weight excluding hydrogens is 444 g/mol. The second-order valence-corrected chi connectivity index (χ2v) is 8.94. The number of ether oxygens (including phenoxy) is 4. The number of hydrogen-bond donors (Lipinski definition) is 0. The van der Waals surface area contributed by atoms with E-state index >= 15 is 0 Å². The van der Waals surface area contributed by atoms with Crippen LogP contribution in [0.25, 0.3) is 6.08 Å². The average Bonchev–Trinajstić information content (AvgIpc) is 3.11. The van der Waals surface area contributed by atoms with E-state index in [1.54, 1.807) is 43.9 Å². The van der Waals surface area contributed by atoms with Crippen LogP contribution >= 0.6 is 11.3 Å². The fourth-order valence-electron chi connectivity index (χ4n) is 4.53. The molecule has 33 heavy (non-hydrogen) atoms. The normalized spacial score (nSPS) is 23.0. The van der Waals surface area contributed by atoms with E-state index in [0.29, 0.717) is 26.6 Å². The maximum absolute atomic E-state index is 13.6. The van der Waals surface area contributed by atoms with Crippen molar-refractivity contribution in [3.63, 3.8) is 0 Å². The Morgan fingerprint density at radius 3 is 2.64 bits per heavy atom. The largest absolute Gasteiger partial charge is 0.493 e. The van der Waals surface area contributed by atoms with Crippen molar-refractivity contribution in [3.8, 4) is 17.2 Å². The van der Waals surface area contributed by atoms with Crippen LogP contribution in [-0.2, 0) is 9.53 Å². The first kappa shape index (κ1) is 21.3. The molecule has 0 saturated heterocycles. The van der Waals surface area contributed by atoms with Gasteiger partial charge in [-0.25, -0.2) is 4.99 Å². The summed E-state index contributed by atoms with van der Waals surface area (Å²) in [7, 11) is 4.46. The van der Waals surface area contributed by atoms with Gasteiger partial charge in [-0.1, -0.05) is 35.6 Å². The van der Waals surface area contributed by atoms with Gasteiger partial charge in [-0.15, -0.1) is 0 Å². The SMILES string of the molecule is COC(=O)[C@H]1[C@H]2c3ccccc3O[C@]1(C)N=c1s/c(=C/c3ccc(OC)c(OC)c3)c(=O)n12. The highest BCUT2D eigenvalue weighted by Crippen LogP contribution is 2.47. The first-order valence-electron chi connectivity index (χ1n) is 10.3. The number of hydrogen-bond acceptors (Lipinski definition) is 8. The Morgan fingerprint density at radius 1 is 1.15 bits per heavy atom. The van der Waals surface area contributed by atoms with Crippen LogP contribution in [0.15, 0.2) is 52.3 Å². The van der Waals surface area contributed by atoms with Crippen LogP contribution in [0.3, 0.4) is 0 Å².